The maximum Gasteiger partial charge on any atom is 0.124 e. The SMILES string of the molecule is COc1ccc(F)cc1C(N)c1cccc(Cl)c1C. The highest BCUT2D eigenvalue weighted by Crippen LogP contribution is 2.32. The van der Waals surface area contributed by atoms with Gasteiger partial charge in [-0.25, -0.2) is 4.39 Å². The Hall–Kier alpha value is -1.58. The Bertz CT molecular complexity index is 601. The summed E-state index contributed by atoms with van der Waals surface area (Å²) in [6, 6.07) is 9.35. The molecule has 0 spiro atoms. The third kappa shape index (κ3) is 2.72. The normalized spacial score (nSPS) is 12.3. The van der Waals surface area contributed by atoms with E-state index in [0.717, 1.165) is 11.1 Å². The van der Waals surface area contributed by atoms with Crippen LogP contribution in [-0.4, -0.2) is 7.11 Å². The highest BCUT2D eigenvalue weighted by Gasteiger charge is 2.17. The molecule has 2 aromatic rings. The van der Waals surface area contributed by atoms with Gasteiger partial charge in [-0.1, -0.05) is 23.7 Å². The molecule has 0 saturated carbocycles. The molecule has 2 nitrogen and oxygen atoms in total. The van der Waals surface area contributed by atoms with Crippen molar-refractivity contribution in [3.8, 4) is 5.75 Å². The molecular formula is C15H15ClFNO. The molecule has 19 heavy (non-hydrogen) atoms. The lowest BCUT2D eigenvalue weighted by Crippen LogP contribution is -2.14. The van der Waals surface area contributed by atoms with Gasteiger partial charge < -0.3 is 10.5 Å². The molecule has 1 atom stereocenters. The average Bonchev–Trinajstić information content (AvgIpc) is 2.41. The zero-order valence-electron chi connectivity index (χ0n) is 10.8. The van der Waals surface area contributed by atoms with Crippen molar-refractivity contribution in [3.05, 3.63) is 63.9 Å². The van der Waals surface area contributed by atoms with Gasteiger partial charge >= 0.3 is 0 Å². The van der Waals surface area contributed by atoms with Crippen molar-refractivity contribution in [2.45, 2.75) is 13.0 Å². The summed E-state index contributed by atoms with van der Waals surface area (Å²) >= 11 is 6.09. The van der Waals surface area contributed by atoms with Crippen molar-refractivity contribution < 1.29 is 9.13 Å². The van der Waals surface area contributed by atoms with Crippen LogP contribution in [-0.2, 0) is 0 Å². The largest absolute Gasteiger partial charge is 0.496 e. The van der Waals surface area contributed by atoms with Crippen LogP contribution in [0.1, 0.15) is 22.7 Å². The summed E-state index contributed by atoms with van der Waals surface area (Å²) in [4.78, 5) is 0. The molecule has 2 aromatic carbocycles. The third-order valence-electron chi connectivity index (χ3n) is 3.17. The van der Waals surface area contributed by atoms with E-state index in [2.05, 4.69) is 0 Å². The third-order valence-corrected chi connectivity index (χ3v) is 3.58. The molecule has 4 heteroatoms. The molecule has 0 bridgehead atoms. The van der Waals surface area contributed by atoms with Crippen LogP contribution in [0.4, 0.5) is 4.39 Å². The van der Waals surface area contributed by atoms with E-state index < -0.39 is 6.04 Å². The predicted molar refractivity (Wildman–Crippen MR) is 75.2 cm³/mol. The number of benzene rings is 2. The van der Waals surface area contributed by atoms with Gasteiger partial charge in [0.15, 0.2) is 0 Å². The minimum absolute atomic E-state index is 0.342. The molecule has 0 saturated heterocycles. The monoisotopic (exact) mass is 279 g/mol. The second kappa shape index (κ2) is 5.59. The minimum Gasteiger partial charge on any atom is -0.496 e. The quantitative estimate of drug-likeness (QED) is 0.926. The van der Waals surface area contributed by atoms with Crippen LogP contribution in [0.25, 0.3) is 0 Å². The number of ether oxygens (including phenoxy) is 1. The molecule has 100 valence electrons. The maximum atomic E-state index is 13.4. The van der Waals surface area contributed by atoms with Crippen molar-refractivity contribution in [1.82, 2.24) is 0 Å². The van der Waals surface area contributed by atoms with Crippen LogP contribution in [0.3, 0.4) is 0 Å². The molecule has 1 unspecified atom stereocenters. The molecule has 0 radical (unpaired) electrons. The van der Waals surface area contributed by atoms with Crippen molar-refractivity contribution in [2.75, 3.05) is 7.11 Å². The number of halogens is 2. The number of nitrogens with two attached hydrogens (primary N) is 1. The first-order valence-electron chi connectivity index (χ1n) is 5.88. The summed E-state index contributed by atoms with van der Waals surface area (Å²) in [5.74, 6) is 0.221. The summed E-state index contributed by atoms with van der Waals surface area (Å²) in [5.41, 5.74) is 8.58. The molecule has 2 rings (SSSR count). The van der Waals surface area contributed by atoms with Crippen LogP contribution in [0, 0.1) is 12.7 Å². The van der Waals surface area contributed by atoms with Crippen LogP contribution < -0.4 is 10.5 Å². The molecule has 0 heterocycles. The fourth-order valence-electron chi connectivity index (χ4n) is 2.08. The Balaban J connectivity index is 2.52. The van der Waals surface area contributed by atoms with E-state index in [4.69, 9.17) is 22.1 Å². The fourth-order valence-corrected chi connectivity index (χ4v) is 2.26. The van der Waals surface area contributed by atoms with Gasteiger partial charge in [-0.2, -0.15) is 0 Å². The van der Waals surface area contributed by atoms with E-state index in [1.807, 2.05) is 19.1 Å². The first kappa shape index (κ1) is 13.8. The number of hydrogen-bond acceptors (Lipinski definition) is 2. The summed E-state index contributed by atoms with van der Waals surface area (Å²) in [6.45, 7) is 1.89. The van der Waals surface area contributed by atoms with E-state index in [0.29, 0.717) is 16.3 Å². The highest BCUT2D eigenvalue weighted by atomic mass is 35.5. The zero-order valence-corrected chi connectivity index (χ0v) is 11.5. The Kier molecular flexibility index (Phi) is 4.08. The summed E-state index contributed by atoms with van der Waals surface area (Å²) in [6.07, 6.45) is 0. The van der Waals surface area contributed by atoms with Crippen molar-refractivity contribution in [3.63, 3.8) is 0 Å². The van der Waals surface area contributed by atoms with Gasteiger partial charge in [0.2, 0.25) is 0 Å². The Morgan fingerprint density at radius 3 is 2.63 bits per heavy atom. The average molecular weight is 280 g/mol. The molecule has 0 aliphatic heterocycles. The van der Waals surface area contributed by atoms with Gasteiger partial charge in [0, 0.05) is 10.6 Å². The second-order valence-electron chi connectivity index (χ2n) is 4.32. The maximum absolute atomic E-state index is 13.4. The van der Waals surface area contributed by atoms with Crippen molar-refractivity contribution in [2.24, 2.45) is 5.73 Å². The lowest BCUT2D eigenvalue weighted by Gasteiger charge is -2.18. The Morgan fingerprint density at radius 1 is 1.21 bits per heavy atom. The summed E-state index contributed by atoms with van der Waals surface area (Å²) in [7, 11) is 1.54. The number of methoxy groups -OCH3 is 1. The van der Waals surface area contributed by atoms with Gasteiger partial charge in [-0.05, 0) is 42.3 Å². The van der Waals surface area contributed by atoms with Gasteiger partial charge in [0.1, 0.15) is 11.6 Å². The van der Waals surface area contributed by atoms with Crippen molar-refractivity contribution >= 4 is 11.6 Å². The zero-order chi connectivity index (χ0) is 14.0. The molecule has 0 aliphatic rings. The smallest absolute Gasteiger partial charge is 0.124 e. The van der Waals surface area contributed by atoms with Crippen LogP contribution >= 0.6 is 11.6 Å². The fraction of sp³-hybridized carbons (Fsp3) is 0.200. The van der Waals surface area contributed by atoms with E-state index in [9.17, 15) is 4.39 Å². The predicted octanol–water partition coefficient (Wildman–Crippen LogP) is 3.84. The molecule has 0 fully saturated rings. The first-order chi connectivity index (χ1) is 9.04. The second-order valence-corrected chi connectivity index (χ2v) is 4.73. The van der Waals surface area contributed by atoms with Crippen LogP contribution in [0.2, 0.25) is 5.02 Å². The topological polar surface area (TPSA) is 35.2 Å². The van der Waals surface area contributed by atoms with E-state index >= 15 is 0 Å². The molecular weight excluding hydrogens is 265 g/mol. The highest BCUT2D eigenvalue weighted by molar-refractivity contribution is 6.31. The Morgan fingerprint density at radius 2 is 1.95 bits per heavy atom. The number of hydrogen-bond donors (Lipinski definition) is 1. The lowest BCUT2D eigenvalue weighted by molar-refractivity contribution is 0.406. The number of rotatable bonds is 3. The van der Waals surface area contributed by atoms with Gasteiger partial charge in [0.05, 0.1) is 13.2 Å². The van der Waals surface area contributed by atoms with Crippen LogP contribution in [0.15, 0.2) is 36.4 Å². The van der Waals surface area contributed by atoms with Gasteiger partial charge in [-0.3, -0.25) is 0 Å². The van der Waals surface area contributed by atoms with Gasteiger partial charge in [-0.15, -0.1) is 0 Å². The molecule has 0 amide bonds. The first-order valence-corrected chi connectivity index (χ1v) is 6.26. The van der Waals surface area contributed by atoms with E-state index in [-0.39, 0.29) is 5.82 Å². The molecule has 0 aromatic heterocycles. The minimum atomic E-state index is -0.482. The molecule has 0 aliphatic carbocycles. The van der Waals surface area contributed by atoms with Crippen LogP contribution in [0.5, 0.6) is 5.75 Å². The Labute approximate surface area is 117 Å². The summed E-state index contributed by atoms with van der Waals surface area (Å²) in [5, 5.41) is 0.642. The standard InChI is InChI=1S/C15H15ClFNO/c1-9-11(4-3-5-13(9)16)15(18)12-8-10(17)6-7-14(12)19-2/h3-8,15H,18H2,1-2H3. The van der Waals surface area contributed by atoms with Gasteiger partial charge in [0.25, 0.3) is 0 Å². The summed E-state index contributed by atoms with van der Waals surface area (Å²) < 4.78 is 18.6. The van der Waals surface area contributed by atoms with E-state index in [1.165, 1.54) is 19.2 Å². The lowest BCUT2D eigenvalue weighted by atomic mass is 9.95. The van der Waals surface area contributed by atoms with E-state index in [1.54, 1.807) is 12.1 Å². The van der Waals surface area contributed by atoms with Crippen molar-refractivity contribution in [1.29, 1.82) is 0 Å². The molecule has 2 N–H and O–H groups in total.